The molecule has 10 nitrogen and oxygen atoms in total. The number of allylic oxidation sites excluding steroid dienone is 1. The molecule has 0 aliphatic carbocycles. The first-order valence-electron chi connectivity index (χ1n) is 17.6. The van der Waals surface area contributed by atoms with Gasteiger partial charge in [-0.3, -0.25) is 4.79 Å². The summed E-state index contributed by atoms with van der Waals surface area (Å²) in [6.45, 7) is 5.05. The Balaban J connectivity index is 1.04. The first-order chi connectivity index (χ1) is 26.8. The fourth-order valence-corrected chi connectivity index (χ4v) is 5.30. The number of rotatable bonds is 21. The van der Waals surface area contributed by atoms with Crippen molar-refractivity contribution in [3.63, 3.8) is 0 Å². The molecule has 55 heavy (non-hydrogen) atoms. The monoisotopic (exact) mass is 740 g/mol. The molecule has 0 aromatic heterocycles. The molecule has 0 amide bonds. The van der Waals surface area contributed by atoms with Gasteiger partial charge in [0.2, 0.25) is 0 Å². The molecule has 5 aromatic rings. The van der Waals surface area contributed by atoms with Crippen LogP contribution in [-0.4, -0.2) is 49.9 Å². The number of aliphatic carboxylic acids is 1. The number of benzene rings is 5. The van der Waals surface area contributed by atoms with E-state index in [0.717, 1.165) is 33.4 Å². The number of methoxy groups -OCH3 is 1. The number of carboxylic acids is 1. The van der Waals surface area contributed by atoms with Crippen molar-refractivity contribution in [1.82, 2.24) is 0 Å². The maximum absolute atomic E-state index is 10.9. The molecule has 282 valence electrons. The third kappa shape index (κ3) is 12.7. The maximum Gasteiger partial charge on any atom is 0.303 e. The van der Waals surface area contributed by atoms with Crippen molar-refractivity contribution in [3.05, 3.63) is 173 Å². The number of oxime groups is 1. The van der Waals surface area contributed by atoms with Crippen LogP contribution in [0.15, 0.2) is 145 Å². The lowest BCUT2D eigenvalue weighted by molar-refractivity contribution is -0.136. The Morgan fingerprint density at radius 3 is 2.05 bits per heavy atom. The third-order valence-electron chi connectivity index (χ3n) is 8.28. The zero-order valence-electron chi connectivity index (χ0n) is 30.9. The highest BCUT2D eigenvalue weighted by atomic mass is 16.6. The molecule has 2 N–H and O–H groups in total. The molecular weight excluding hydrogens is 697 g/mol. The highest BCUT2D eigenvalue weighted by molar-refractivity contribution is 6.01. The van der Waals surface area contributed by atoms with Gasteiger partial charge in [0.05, 0.1) is 12.8 Å². The minimum atomic E-state index is -0.845. The van der Waals surface area contributed by atoms with Gasteiger partial charge in [-0.2, -0.15) is 0 Å². The number of carboxylic acid groups (broad SMARTS) is 1. The lowest BCUT2D eigenvalue weighted by Gasteiger charge is -2.13. The standard InChI is InChI=1S/C45H44N2O8/c1-32(52-28-35-14-22-40(23-15-35)54-31-42(47-51-3)37-9-5-4-6-10-37)12-13-33-8-7-11-38(26-33)41(46)30-53-39-20-16-36(17-21-39)29-55-43-24-18-34(19-25-45(48)49)27-44(43)50-2/h4-18,20-24,26-27,46H,1,19,25,28-31H2,2-3H3,(H,48,49). The average molecular weight is 741 g/mol. The highest BCUT2D eigenvalue weighted by Crippen LogP contribution is 2.29. The summed E-state index contributed by atoms with van der Waals surface area (Å²) in [6.07, 6.45) is 4.16. The molecule has 0 saturated heterocycles. The minimum absolute atomic E-state index is 0.0500. The zero-order valence-corrected chi connectivity index (χ0v) is 30.9. The van der Waals surface area contributed by atoms with Crippen molar-refractivity contribution in [3.8, 4) is 23.0 Å². The Kier molecular flexibility index (Phi) is 14.6. The van der Waals surface area contributed by atoms with Gasteiger partial charge in [-0.1, -0.05) is 96.7 Å². The van der Waals surface area contributed by atoms with E-state index < -0.39 is 5.97 Å². The van der Waals surface area contributed by atoms with Crippen LogP contribution in [0.1, 0.15) is 39.8 Å². The summed E-state index contributed by atoms with van der Waals surface area (Å²) in [5, 5.41) is 21.6. The van der Waals surface area contributed by atoms with Crippen LogP contribution in [0.25, 0.3) is 6.08 Å². The summed E-state index contributed by atoms with van der Waals surface area (Å²) >= 11 is 0. The number of hydrogen-bond acceptors (Lipinski definition) is 9. The molecule has 5 rings (SSSR count). The Morgan fingerprint density at radius 2 is 1.38 bits per heavy atom. The fraction of sp³-hybridized carbons (Fsp3) is 0.178. The molecule has 0 spiro atoms. The van der Waals surface area contributed by atoms with E-state index in [1.165, 1.54) is 7.11 Å². The second-order valence-electron chi connectivity index (χ2n) is 12.3. The van der Waals surface area contributed by atoms with Crippen LogP contribution in [0.5, 0.6) is 23.0 Å². The molecule has 0 fully saturated rings. The second kappa shape index (κ2) is 20.4. The second-order valence-corrected chi connectivity index (χ2v) is 12.3. The number of carbonyl (C=O) groups is 1. The predicted octanol–water partition coefficient (Wildman–Crippen LogP) is 8.91. The number of ether oxygens (including phenoxy) is 5. The van der Waals surface area contributed by atoms with E-state index >= 15 is 0 Å². The summed E-state index contributed by atoms with van der Waals surface area (Å²) in [5.41, 5.74) is 6.37. The van der Waals surface area contributed by atoms with Crippen LogP contribution in [0.4, 0.5) is 0 Å². The van der Waals surface area contributed by atoms with E-state index in [-0.39, 0.29) is 19.6 Å². The number of hydrogen-bond donors (Lipinski definition) is 2. The summed E-state index contributed by atoms with van der Waals surface area (Å²) in [5.74, 6) is 2.12. The van der Waals surface area contributed by atoms with E-state index in [1.54, 1.807) is 25.3 Å². The molecule has 10 heteroatoms. The van der Waals surface area contributed by atoms with Crippen LogP contribution in [0.2, 0.25) is 0 Å². The molecular formula is C45H44N2O8. The van der Waals surface area contributed by atoms with E-state index in [1.807, 2.05) is 115 Å². The topological polar surface area (TPSA) is 129 Å². The van der Waals surface area contributed by atoms with Crippen LogP contribution in [0, 0.1) is 5.41 Å². The van der Waals surface area contributed by atoms with E-state index in [0.29, 0.717) is 59.8 Å². The normalized spacial score (nSPS) is 11.1. The molecule has 5 aromatic carbocycles. The predicted molar refractivity (Wildman–Crippen MR) is 213 cm³/mol. The minimum Gasteiger partial charge on any atom is -0.493 e. The quantitative estimate of drug-likeness (QED) is 0.0330. The van der Waals surface area contributed by atoms with Gasteiger partial charge in [0.1, 0.15) is 56.5 Å². The van der Waals surface area contributed by atoms with E-state index in [2.05, 4.69) is 11.7 Å². The van der Waals surface area contributed by atoms with Crippen molar-refractivity contribution < 1.29 is 38.4 Å². The largest absolute Gasteiger partial charge is 0.493 e. The summed E-state index contributed by atoms with van der Waals surface area (Å²) < 4.78 is 29.1. The van der Waals surface area contributed by atoms with Crippen molar-refractivity contribution in [1.29, 1.82) is 5.41 Å². The molecule has 0 aliphatic rings. The van der Waals surface area contributed by atoms with Gasteiger partial charge in [0.25, 0.3) is 0 Å². The van der Waals surface area contributed by atoms with Crippen molar-refractivity contribution >= 4 is 23.5 Å². The average Bonchev–Trinajstić information content (AvgIpc) is 3.22. The molecule has 0 saturated carbocycles. The molecule has 0 radical (unpaired) electrons. The van der Waals surface area contributed by atoms with Crippen LogP contribution in [0.3, 0.4) is 0 Å². The van der Waals surface area contributed by atoms with Crippen molar-refractivity contribution in [2.45, 2.75) is 26.1 Å². The summed E-state index contributed by atoms with van der Waals surface area (Å²) in [6, 6.07) is 38.0. The first kappa shape index (κ1) is 39.4. The Bertz CT molecular complexity index is 2090. The summed E-state index contributed by atoms with van der Waals surface area (Å²) in [4.78, 5) is 15.9. The van der Waals surface area contributed by atoms with Crippen molar-refractivity contribution in [2.24, 2.45) is 5.16 Å². The number of aryl methyl sites for hydroxylation is 1. The zero-order chi connectivity index (χ0) is 38.8. The smallest absolute Gasteiger partial charge is 0.303 e. The van der Waals surface area contributed by atoms with Gasteiger partial charge in [-0.15, -0.1) is 0 Å². The molecule has 0 aliphatic heterocycles. The fourth-order valence-electron chi connectivity index (χ4n) is 5.30. The van der Waals surface area contributed by atoms with Gasteiger partial charge < -0.3 is 39.0 Å². The molecule has 0 heterocycles. The van der Waals surface area contributed by atoms with Gasteiger partial charge in [0.15, 0.2) is 11.5 Å². The lowest BCUT2D eigenvalue weighted by Crippen LogP contribution is -2.13. The van der Waals surface area contributed by atoms with Crippen LogP contribution < -0.4 is 18.9 Å². The maximum atomic E-state index is 10.9. The van der Waals surface area contributed by atoms with Crippen LogP contribution >= 0.6 is 0 Å². The third-order valence-corrected chi connectivity index (χ3v) is 8.28. The Morgan fingerprint density at radius 1 is 0.727 bits per heavy atom. The molecule has 0 bridgehead atoms. The number of nitrogens with zero attached hydrogens (tertiary/aromatic N) is 1. The van der Waals surface area contributed by atoms with E-state index in [4.69, 9.17) is 39.0 Å². The lowest BCUT2D eigenvalue weighted by atomic mass is 10.1. The van der Waals surface area contributed by atoms with Crippen LogP contribution in [-0.2, 0) is 34.0 Å². The number of nitrogens with one attached hydrogen (secondary N) is 1. The van der Waals surface area contributed by atoms with E-state index in [9.17, 15) is 4.79 Å². The van der Waals surface area contributed by atoms with Gasteiger partial charge in [-0.25, -0.2) is 0 Å². The SMILES string of the molecule is C=C(C=Cc1cccc(C(=N)COc2ccc(COc3ccc(CCC(=O)O)cc3OC)cc2)c1)OCc1ccc(OCC(=NOC)c2ccccc2)cc1. The first-order valence-corrected chi connectivity index (χ1v) is 17.6. The Hall–Kier alpha value is -6.81. The highest BCUT2D eigenvalue weighted by Gasteiger charge is 2.10. The van der Waals surface area contributed by atoms with Crippen molar-refractivity contribution in [2.75, 3.05) is 27.4 Å². The Labute approximate surface area is 321 Å². The molecule has 0 atom stereocenters. The molecule has 0 unspecified atom stereocenters. The summed E-state index contributed by atoms with van der Waals surface area (Å²) in [7, 11) is 3.07. The van der Waals surface area contributed by atoms with Gasteiger partial charge in [0, 0.05) is 12.0 Å². The van der Waals surface area contributed by atoms with Gasteiger partial charge in [-0.05, 0) is 82.8 Å². The van der Waals surface area contributed by atoms with Gasteiger partial charge >= 0.3 is 5.97 Å².